The minimum Gasteiger partial charge on any atom is -0.462 e. The number of benzene rings is 1. The van der Waals surface area contributed by atoms with Crippen molar-refractivity contribution in [1.82, 2.24) is 0 Å². The fourth-order valence-electron chi connectivity index (χ4n) is 2.76. The van der Waals surface area contributed by atoms with Gasteiger partial charge in [-0.1, -0.05) is 0 Å². The van der Waals surface area contributed by atoms with Crippen LogP contribution in [0.5, 0.6) is 0 Å². The predicted octanol–water partition coefficient (Wildman–Crippen LogP) is 2.05. The Bertz CT molecular complexity index is 1010. The molecule has 168 valence electrons. The van der Waals surface area contributed by atoms with Gasteiger partial charge in [0, 0.05) is 4.88 Å². The molecule has 3 N–H and O–H groups in total. The van der Waals surface area contributed by atoms with E-state index < -0.39 is 40.9 Å². The fraction of sp³-hybridized carbons (Fsp3) is 0.350. The van der Waals surface area contributed by atoms with Crippen LogP contribution in [-0.4, -0.2) is 44.5 Å². The van der Waals surface area contributed by atoms with E-state index >= 15 is 0 Å². The van der Waals surface area contributed by atoms with Gasteiger partial charge in [0.05, 0.1) is 24.9 Å². The Morgan fingerprint density at radius 2 is 1.65 bits per heavy atom. The van der Waals surface area contributed by atoms with E-state index in [1.165, 1.54) is 11.3 Å². The van der Waals surface area contributed by atoms with Gasteiger partial charge in [-0.3, -0.25) is 9.59 Å². The van der Waals surface area contributed by atoms with Crippen LogP contribution in [0.4, 0.5) is 23.9 Å². The summed E-state index contributed by atoms with van der Waals surface area (Å²) in [5.74, 6) is -6.22. The molecule has 0 saturated heterocycles. The van der Waals surface area contributed by atoms with Crippen LogP contribution in [0, 0.1) is 31.3 Å². The lowest BCUT2D eigenvalue weighted by molar-refractivity contribution is -0.862. The Balaban J connectivity index is 1.98. The van der Waals surface area contributed by atoms with Crippen molar-refractivity contribution in [2.24, 2.45) is 0 Å². The summed E-state index contributed by atoms with van der Waals surface area (Å²) in [6.07, 6.45) is 0. The summed E-state index contributed by atoms with van der Waals surface area (Å²) in [7, 11) is 1.55. The number of rotatable bonds is 8. The molecule has 0 bridgehead atoms. The SMILES string of the molecule is CCOC(=O)c1c(NC(=O)C[NH+](C)CC(=O)Nc2ccc(F)c(F)c2F)sc(C)c1C. The quantitative estimate of drug-likeness (QED) is 0.417. The topological polar surface area (TPSA) is 88.9 Å². The van der Waals surface area contributed by atoms with Gasteiger partial charge in [-0.2, -0.15) is 0 Å². The molecule has 2 rings (SSSR count). The zero-order valence-corrected chi connectivity index (χ0v) is 18.3. The number of anilines is 2. The molecule has 0 aliphatic carbocycles. The highest BCUT2D eigenvalue weighted by Crippen LogP contribution is 2.32. The van der Waals surface area contributed by atoms with Gasteiger partial charge in [0.1, 0.15) is 5.00 Å². The molecule has 1 aromatic carbocycles. The van der Waals surface area contributed by atoms with Gasteiger partial charge in [0.25, 0.3) is 11.8 Å². The molecule has 0 saturated carbocycles. The van der Waals surface area contributed by atoms with Crippen molar-refractivity contribution in [1.29, 1.82) is 0 Å². The van der Waals surface area contributed by atoms with Crippen LogP contribution in [0.15, 0.2) is 12.1 Å². The molecule has 0 aliphatic rings. The van der Waals surface area contributed by atoms with Crippen molar-refractivity contribution in [3.63, 3.8) is 0 Å². The van der Waals surface area contributed by atoms with Crippen LogP contribution >= 0.6 is 11.3 Å². The first-order chi connectivity index (χ1) is 14.5. The summed E-state index contributed by atoms with van der Waals surface area (Å²) in [6, 6.07) is 1.61. The van der Waals surface area contributed by atoms with Crippen LogP contribution in [-0.2, 0) is 14.3 Å². The first-order valence-corrected chi connectivity index (χ1v) is 10.2. The number of halogens is 3. The number of ether oxygens (including phenoxy) is 1. The fourth-order valence-corrected chi connectivity index (χ4v) is 3.83. The normalized spacial score (nSPS) is 11.7. The Morgan fingerprint density at radius 3 is 2.26 bits per heavy atom. The Hall–Kier alpha value is -2.92. The van der Waals surface area contributed by atoms with Gasteiger partial charge in [-0.05, 0) is 38.5 Å². The molecular formula is C20H23F3N3O4S+. The molecule has 1 atom stereocenters. The first-order valence-electron chi connectivity index (χ1n) is 9.36. The van der Waals surface area contributed by atoms with E-state index in [9.17, 15) is 27.6 Å². The highest BCUT2D eigenvalue weighted by atomic mass is 32.1. The third kappa shape index (κ3) is 6.05. The standard InChI is InChI=1S/C20H22F3N3O4S/c1-5-30-20(29)16-10(2)11(3)31-19(16)25-15(28)9-26(4)8-14(27)24-13-7-6-12(21)17(22)18(13)23/h6-7H,5,8-9H2,1-4H3,(H,24,27)(H,25,28)/p+1. The first kappa shape index (κ1) is 24.4. The molecule has 1 heterocycles. The van der Waals surface area contributed by atoms with E-state index in [0.717, 1.165) is 10.9 Å². The van der Waals surface area contributed by atoms with Gasteiger partial charge in [0.15, 0.2) is 30.5 Å². The largest absolute Gasteiger partial charge is 0.462 e. The molecule has 0 aliphatic heterocycles. The summed E-state index contributed by atoms with van der Waals surface area (Å²) < 4.78 is 44.9. The number of aryl methyl sites for hydroxylation is 1. The number of esters is 1. The second-order valence-electron chi connectivity index (χ2n) is 6.84. The minimum absolute atomic E-state index is 0.133. The Morgan fingerprint density at radius 1 is 1.03 bits per heavy atom. The van der Waals surface area contributed by atoms with E-state index in [4.69, 9.17) is 4.74 Å². The third-order valence-electron chi connectivity index (χ3n) is 4.35. The Kier molecular flexibility index (Phi) is 8.17. The van der Waals surface area contributed by atoms with Gasteiger partial charge in [-0.25, -0.2) is 18.0 Å². The van der Waals surface area contributed by atoms with Crippen molar-refractivity contribution in [2.45, 2.75) is 20.8 Å². The van der Waals surface area contributed by atoms with Crippen LogP contribution < -0.4 is 15.5 Å². The smallest absolute Gasteiger partial charge is 0.341 e. The van der Waals surface area contributed by atoms with E-state index in [-0.39, 0.29) is 19.7 Å². The van der Waals surface area contributed by atoms with Crippen molar-refractivity contribution < 1.29 is 37.2 Å². The monoisotopic (exact) mass is 458 g/mol. The summed E-state index contributed by atoms with van der Waals surface area (Å²) in [5.41, 5.74) is 0.513. The minimum atomic E-state index is -1.68. The molecule has 0 radical (unpaired) electrons. The number of hydrogen-bond acceptors (Lipinski definition) is 5. The number of nitrogens with one attached hydrogen (secondary N) is 3. The van der Waals surface area contributed by atoms with Crippen molar-refractivity contribution in [2.75, 3.05) is 37.4 Å². The van der Waals surface area contributed by atoms with E-state index in [2.05, 4.69) is 10.6 Å². The van der Waals surface area contributed by atoms with Crippen LogP contribution in [0.2, 0.25) is 0 Å². The second kappa shape index (κ2) is 10.4. The number of carbonyl (C=O) groups is 3. The lowest BCUT2D eigenvalue weighted by Crippen LogP contribution is -3.11. The summed E-state index contributed by atoms with van der Waals surface area (Å²) in [5, 5.41) is 5.17. The second-order valence-corrected chi connectivity index (χ2v) is 8.06. The number of likely N-dealkylation sites (N-methyl/N-ethyl adjacent to an activating group) is 1. The molecular weight excluding hydrogens is 435 g/mol. The maximum Gasteiger partial charge on any atom is 0.341 e. The zero-order chi connectivity index (χ0) is 23.3. The maximum absolute atomic E-state index is 13.7. The molecule has 7 nitrogen and oxygen atoms in total. The molecule has 11 heteroatoms. The average Bonchev–Trinajstić information content (AvgIpc) is 2.95. The van der Waals surface area contributed by atoms with Gasteiger partial charge in [0.2, 0.25) is 0 Å². The number of thiophene rings is 1. The number of hydrogen-bond donors (Lipinski definition) is 3. The summed E-state index contributed by atoms with van der Waals surface area (Å²) in [6.45, 7) is 5.08. The molecule has 2 amide bonds. The van der Waals surface area contributed by atoms with Crippen molar-refractivity contribution in [3.05, 3.63) is 45.6 Å². The van der Waals surface area contributed by atoms with Crippen LogP contribution in [0.3, 0.4) is 0 Å². The lowest BCUT2D eigenvalue weighted by atomic mass is 10.1. The van der Waals surface area contributed by atoms with Crippen LogP contribution in [0.1, 0.15) is 27.7 Å². The van der Waals surface area contributed by atoms with Crippen LogP contribution in [0.25, 0.3) is 0 Å². The number of amides is 2. The third-order valence-corrected chi connectivity index (χ3v) is 5.47. The molecule has 0 spiro atoms. The number of carbonyl (C=O) groups excluding carboxylic acids is 3. The van der Waals surface area contributed by atoms with Crippen molar-refractivity contribution in [3.8, 4) is 0 Å². The molecule has 0 fully saturated rings. The van der Waals surface area contributed by atoms with E-state index in [1.54, 1.807) is 20.9 Å². The lowest BCUT2D eigenvalue weighted by Gasteiger charge is -2.14. The van der Waals surface area contributed by atoms with Gasteiger partial charge in [-0.15, -0.1) is 11.3 Å². The van der Waals surface area contributed by atoms with Gasteiger partial charge >= 0.3 is 5.97 Å². The van der Waals surface area contributed by atoms with E-state index in [1.807, 2.05) is 6.92 Å². The maximum atomic E-state index is 13.7. The highest BCUT2D eigenvalue weighted by molar-refractivity contribution is 7.16. The summed E-state index contributed by atoms with van der Waals surface area (Å²) >= 11 is 1.24. The van der Waals surface area contributed by atoms with Crippen molar-refractivity contribution >= 4 is 39.8 Å². The summed E-state index contributed by atoms with van der Waals surface area (Å²) in [4.78, 5) is 37.9. The number of quaternary nitrogens is 1. The molecule has 2 aromatic rings. The zero-order valence-electron chi connectivity index (χ0n) is 17.5. The van der Waals surface area contributed by atoms with Gasteiger partial charge < -0.3 is 20.3 Å². The molecule has 1 aromatic heterocycles. The highest BCUT2D eigenvalue weighted by Gasteiger charge is 2.24. The Labute approximate surface area is 181 Å². The molecule has 1 unspecified atom stereocenters. The average molecular weight is 458 g/mol. The molecule has 31 heavy (non-hydrogen) atoms. The predicted molar refractivity (Wildman–Crippen MR) is 110 cm³/mol. The van der Waals surface area contributed by atoms with E-state index in [0.29, 0.717) is 27.1 Å².